The minimum atomic E-state index is -1.10. The Morgan fingerprint density at radius 2 is 2.06 bits per heavy atom. The second kappa shape index (κ2) is 4.40. The van der Waals surface area contributed by atoms with Gasteiger partial charge in [-0.2, -0.15) is 0 Å². The fraction of sp³-hybridized carbons (Fsp3) is 0.167. The second-order valence-electron chi connectivity index (χ2n) is 3.68. The molecule has 1 aromatic carbocycles. The van der Waals surface area contributed by atoms with E-state index in [-0.39, 0.29) is 11.3 Å². The van der Waals surface area contributed by atoms with Crippen molar-refractivity contribution in [2.75, 3.05) is 6.61 Å². The van der Waals surface area contributed by atoms with Crippen LogP contribution in [0.5, 0.6) is 5.75 Å². The van der Waals surface area contributed by atoms with E-state index in [0.29, 0.717) is 16.7 Å². The van der Waals surface area contributed by atoms with E-state index in [0.717, 1.165) is 0 Å². The van der Waals surface area contributed by atoms with Gasteiger partial charge in [-0.1, -0.05) is 0 Å². The van der Waals surface area contributed by atoms with Gasteiger partial charge in [-0.25, -0.2) is 9.59 Å². The standard InChI is InChI=1S/C12H10O6/c1-6-11(12(15)16)8-4-7(17-5-10(13)14)2-3-9(8)18-6/h2-4H,5H2,1H3,(H,13,14)(H,15,16). The molecule has 2 N–H and O–H groups in total. The molecule has 0 aliphatic heterocycles. The van der Waals surface area contributed by atoms with Crippen LogP contribution < -0.4 is 4.74 Å². The summed E-state index contributed by atoms with van der Waals surface area (Å²) in [5, 5.41) is 18.0. The Kier molecular flexibility index (Phi) is 2.93. The summed E-state index contributed by atoms with van der Waals surface area (Å²) in [5.41, 5.74) is 0.485. The summed E-state index contributed by atoms with van der Waals surface area (Å²) < 4.78 is 10.3. The third kappa shape index (κ3) is 2.13. The number of aromatic carboxylic acids is 1. The van der Waals surface area contributed by atoms with Crippen molar-refractivity contribution in [3.8, 4) is 5.75 Å². The number of furan rings is 1. The van der Waals surface area contributed by atoms with Gasteiger partial charge in [0, 0.05) is 5.39 Å². The van der Waals surface area contributed by atoms with Gasteiger partial charge in [-0.05, 0) is 25.1 Å². The summed E-state index contributed by atoms with van der Waals surface area (Å²) in [4.78, 5) is 21.5. The predicted octanol–water partition coefficient (Wildman–Crippen LogP) is 1.90. The Balaban J connectivity index is 2.45. The van der Waals surface area contributed by atoms with E-state index < -0.39 is 18.5 Å². The lowest BCUT2D eigenvalue weighted by Gasteiger charge is -2.02. The minimum absolute atomic E-state index is 0.0609. The van der Waals surface area contributed by atoms with Crippen LogP contribution in [0, 0.1) is 6.92 Å². The molecule has 2 rings (SSSR count). The third-order valence-electron chi connectivity index (χ3n) is 2.41. The van der Waals surface area contributed by atoms with E-state index in [2.05, 4.69) is 0 Å². The van der Waals surface area contributed by atoms with E-state index in [1.165, 1.54) is 12.1 Å². The lowest BCUT2D eigenvalue weighted by atomic mass is 10.1. The molecule has 6 nitrogen and oxygen atoms in total. The molecule has 18 heavy (non-hydrogen) atoms. The van der Waals surface area contributed by atoms with Gasteiger partial charge >= 0.3 is 11.9 Å². The Bertz CT molecular complexity index is 625. The summed E-state index contributed by atoms with van der Waals surface area (Å²) in [5.74, 6) is -1.61. The third-order valence-corrected chi connectivity index (χ3v) is 2.41. The molecule has 0 saturated heterocycles. The quantitative estimate of drug-likeness (QED) is 0.860. The number of hydrogen-bond donors (Lipinski definition) is 2. The van der Waals surface area contributed by atoms with Crippen molar-refractivity contribution in [3.05, 3.63) is 29.5 Å². The van der Waals surface area contributed by atoms with E-state index in [1.807, 2.05) is 0 Å². The van der Waals surface area contributed by atoms with Crippen LogP contribution in [-0.2, 0) is 4.79 Å². The zero-order valence-electron chi connectivity index (χ0n) is 9.47. The van der Waals surface area contributed by atoms with Gasteiger partial charge in [0.05, 0.1) is 0 Å². The monoisotopic (exact) mass is 250 g/mol. The van der Waals surface area contributed by atoms with Gasteiger partial charge in [-0.3, -0.25) is 0 Å². The first-order valence-electron chi connectivity index (χ1n) is 5.10. The maximum absolute atomic E-state index is 11.1. The van der Waals surface area contributed by atoms with Crippen molar-refractivity contribution in [3.63, 3.8) is 0 Å². The maximum Gasteiger partial charge on any atom is 0.341 e. The van der Waals surface area contributed by atoms with Crippen LogP contribution in [0.2, 0.25) is 0 Å². The van der Waals surface area contributed by atoms with Crippen molar-refractivity contribution in [1.29, 1.82) is 0 Å². The lowest BCUT2D eigenvalue weighted by molar-refractivity contribution is -0.139. The van der Waals surface area contributed by atoms with E-state index in [4.69, 9.17) is 19.4 Å². The molecule has 0 saturated carbocycles. The van der Waals surface area contributed by atoms with Gasteiger partial charge in [0.1, 0.15) is 22.7 Å². The van der Waals surface area contributed by atoms with Gasteiger partial charge in [0.25, 0.3) is 0 Å². The van der Waals surface area contributed by atoms with Crippen LogP contribution in [0.3, 0.4) is 0 Å². The molecule has 2 aromatic rings. The molecule has 1 heterocycles. The largest absolute Gasteiger partial charge is 0.482 e. The van der Waals surface area contributed by atoms with Crippen LogP contribution in [0.4, 0.5) is 0 Å². The molecule has 0 atom stereocenters. The highest BCUT2D eigenvalue weighted by molar-refractivity contribution is 6.03. The summed E-state index contributed by atoms with van der Waals surface area (Å²) in [6.45, 7) is 1.08. The molecule has 0 aliphatic carbocycles. The highest BCUT2D eigenvalue weighted by Gasteiger charge is 2.17. The minimum Gasteiger partial charge on any atom is -0.482 e. The molecular formula is C12H10O6. The van der Waals surface area contributed by atoms with Crippen molar-refractivity contribution >= 4 is 22.9 Å². The molecule has 1 aromatic heterocycles. The molecular weight excluding hydrogens is 240 g/mol. The second-order valence-corrected chi connectivity index (χ2v) is 3.68. The summed E-state index contributed by atoms with van der Waals surface area (Å²) in [7, 11) is 0. The number of rotatable bonds is 4. The molecule has 0 bridgehead atoms. The number of fused-ring (bicyclic) bond motifs is 1. The number of carboxylic acids is 2. The topological polar surface area (TPSA) is 97.0 Å². The van der Waals surface area contributed by atoms with Gasteiger partial charge < -0.3 is 19.4 Å². The first kappa shape index (κ1) is 12.0. The smallest absolute Gasteiger partial charge is 0.341 e. The number of carboxylic acid groups (broad SMARTS) is 2. The van der Waals surface area contributed by atoms with Crippen molar-refractivity contribution in [2.24, 2.45) is 0 Å². The van der Waals surface area contributed by atoms with Gasteiger partial charge in [-0.15, -0.1) is 0 Å². The fourth-order valence-electron chi connectivity index (χ4n) is 1.70. The fourth-order valence-corrected chi connectivity index (χ4v) is 1.70. The number of aryl methyl sites for hydroxylation is 1. The Morgan fingerprint density at radius 1 is 1.33 bits per heavy atom. The van der Waals surface area contributed by atoms with Crippen LogP contribution in [-0.4, -0.2) is 28.8 Å². The average Bonchev–Trinajstić information content (AvgIpc) is 2.61. The number of benzene rings is 1. The van der Waals surface area contributed by atoms with Crippen LogP contribution in [0.25, 0.3) is 11.0 Å². The SMILES string of the molecule is Cc1oc2ccc(OCC(=O)O)cc2c1C(=O)O. The van der Waals surface area contributed by atoms with Crippen molar-refractivity contribution in [2.45, 2.75) is 6.92 Å². The molecule has 6 heteroatoms. The van der Waals surface area contributed by atoms with Crippen LogP contribution in [0.15, 0.2) is 22.6 Å². The summed E-state index contributed by atoms with van der Waals surface area (Å²) in [6.07, 6.45) is 0. The van der Waals surface area contributed by atoms with E-state index in [1.54, 1.807) is 13.0 Å². The number of aliphatic carboxylic acids is 1. The van der Waals surface area contributed by atoms with Crippen LogP contribution in [0.1, 0.15) is 16.1 Å². The first-order valence-corrected chi connectivity index (χ1v) is 5.10. The molecule has 0 spiro atoms. The highest BCUT2D eigenvalue weighted by Crippen LogP contribution is 2.29. The Hall–Kier alpha value is -2.50. The van der Waals surface area contributed by atoms with E-state index >= 15 is 0 Å². The van der Waals surface area contributed by atoms with E-state index in [9.17, 15) is 9.59 Å². The number of ether oxygens (including phenoxy) is 1. The first-order chi connectivity index (χ1) is 8.49. The predicted molar refractivity (Wildman–Crippen MR) is 61.0 cm³/mol. The molecule has 0 fully saturated rings. The number of carbonyl (C=O) groups is 2. The Morgan fingerprint density at radius 3 is 2.67 bits per heavy atom. The average molecular weight is 250 g/mol. The summed E-state index contributed by atoms with van der Waals surface area (Å²) in [6, 6.07) is 4.53. The molecule has 0 aliphatic rings. The molecule has 94 valence electrons. The highest BCUT2D eigenvalue weighted by atomic mass is 16.5. The van der Waals surface area contributed by atoms with Gasteiger partial charge in [0.2, 0.25) is 0 Å². The number of hydrogen-bond acceptors (Lipinski definition) is 4. The maximum atomic E-state index is 11.1. The lowest BCUT2D eigenvalue weighted by Crippen LogP contribution is -2.09. The zero-order chi connectivity index (χ0) is 13.3. The summed E-state index contributed by atoms with van der Waals surface area (Å²) >= 11 is 0. The van der Waals surface area contributed by atoms with Gasteiger partial charge in [0.15, 0.2) is 6.61 Å². The van der Waals surface area contributed by atoms with Crippen molar-refractivity contribution in [1.82, 2.24) is 0 Å². The Labute approximate surface area is 101 Å². The molecule has 0 radical (unpaired) electrons. The normalized spacial score (nSPS) is 10.5. The molecule has 0 unspecified atom stereocenters. The van der Waals surface area contributed by atoms with Crippen LogP contribution >= 0.6 is 0 Å². The zero-order valence-corrected chi connectivity index (χ0v) is 9.47. The van der Waals surface area contributed by atoms with Crippen molar-refractivity contribution < 1.29 is 29.0 Å². The molecule has 0 amide bonds.